The first-order valence-electron chi connectivity index (χ1n) is 3.99. The van der Waals surface area contributed by atoms with Crippen molar-refractivity contribution in [2.45, 2.75) is 12.5 Å². The van der Waals surface area contributed by atoms with E-state index >= 15 is 0 Å². The van der Waals surface area contributed by atoms with E-state index in [4.69, 9.17) is 4.74 Å². The summed E-state index contributed by atoms with van der Waals surface area (Å²) in [5.74, 6) is 0.269. The molecule has 0 spiro atoms. The molecule has 0 amide bonds. The number of thiazole rings is 1. The Balaban J connectivity index is 1.95. The van der Waals surface area contributed by atoms with Crippen LogP contribution in [0.2, 0.25) is 0 Å². The van der Waals surface area contributed by atoms with Crippen LogP contribution >= 0.6 is 11.3 Å². The quantitative estimate of drug-likeness (QED) is 0.737. The fourth-order valence-corrected chi connectivity index (χ4v) is 2.07. The molecule has 1 saturated heterocycles. The van der Waals surface area contributed by atoms with Gasteiger partial charge in [-0.2, -0.15) is 0 Å². The fraction of sp³-hybridized carbons (Fsp3) is 0.625. The van der Waals surface area contributed by atoms with Gasteiger partial charge in [0.05, 0.1) is 24.8 Å². The largest absolute Gasteiger partial charge is 0.390 e. The average Bonchev–Trinajstić information content (AvgIpc) is 2.65. The second-order valence-electron chi connectivity index (χ2n) is 3.04. The van der Waals surface area contributed by atoms with E-state index in [1.807, 2.05) is 11.7 Å². The Morgan fingerprint density at radius 3 is 3.17 bits per heavy atom. The Bertz CT molecular complexity index is 237. The molecule has 3 nitrogen and oxygen atoms in total. The van der Waals surface area contributed by atoms with Crippen molar-refractivity contribution in [3.05, 3.63) is 16.6 Å². The van der Waals surface area contributed by atoms with Gasteiger partial charge < -0.3 is 9.84 Å². The fourth-order valence-electron chi connectivity index (χ4n) is 1.38. The van der Waals surface area contributed by atoms with Gasteiger partial charge in [0.15, 0.2) is 0 Å². The normalized spacial score (nSPS) is 29.4. The lowest BCUT2D eigenvalue weighted by molar-refractivity contribution is 0.118. The lowest BCUT2D eigenvalue weighted by Crippen LogP contribution is -2.19. The zero-order valence-corrected chi connectivity index (χ0v) is 7.46. The van der Waals surface area contributed by atoms with E-state index in [1.165, 1.54) is 4.88 Å². The number of hydrogen-bond donors (Lipinski definition) is 1. The van der Waals surface area contributed by atoms with Crippen molar-refractivity contribution in [2.75, 3.05) is 13.2 Å². The number of aliphatic hydroxyl groups excluding tert-OH is 1. The number of rotatable bonds is 2. The second kappa shape index (κ2) is 3.51. The molecule has 2 atom stereocenters. The highest BCUT2D eigenvalue weighted by Crippen LogP contribution is 2.20. The first kappa shape index (κ1) is 8.16. The highest BCUT2D eigenvalue weighted by Gasteiger charge is 2.26. The minimum absolute atomic E-state index is 0.269. The van der Waals surface area contributed by atoms with E-state index in [-0.39, 0.29) is 12.0 Å². The van der Waals surface area contributed by atoms with Crippen LogP contribution < -0.4 is 0 Å². The molecule has 0 unspecified atom stereocenters. The molecule has 1 N–H and O–H groups in total. The third-order valence-electron chi connectivity index (χ3n) is 2.11. The van der Waals surface area contributed by atoms with Crippen LogP contribution in [0.25, 0.3) is 0 Å². The SMILES string of the molecule is O[C@@H]1COC[C@H]1Cc1cncs1. The lowest BCUT2D eigenvalue weighted by atomic mass is 10.0. The molecule has 2 heterocycles. The van der Waals surface area contributed by atoms with Crippen molar-refractivity contribution in [3.8, 4) is 0 Å². The van der Waals surface area contributed by atoms with Gasteiger partial charge in [0, 0.05) is 17.0 Å². The van der Waals surface area contributed by atoms with E-state index < -0.39 is 0 Å². The van der Waals surface area contributed by atoms with Crippen LogP contribution in [0.1, 0.15) is 4.88 Å². The van der Waals surface area contributed by atoms with Crippen molar-refractivity contribution >= 4 is 11.3 Å². The molecule has 1 aromatic rings. The summed E-state index contributed by atoms with van der Waals surface area (Å²) in [6, 6.07) is 0. The molecule has 66 valence electrons. The average molecular weight is 185 g/mol. The van der Waals surface area contributed by atoms with Gasteiger partial charge in [-0.05, 0) is 6.42 Å². The minimum Gasteiger partial charge on any atom is -0.390 e. The lowest BCUT2D eigenvalue weighted by Gasteiger charge is -2.09. The Morgan fingerprint density at radius 2 is 2.58 bits per heavy atom. The van der Waals surface area contributed by atoms with Crippen molar-refractivity contribution in [1.29, 1.82) is 0 Å². The number of hydrogen-bond acceptors (Lipinski definition) is 4. The highest BCUT2D eigenvalue weighted by atomic mass is 32.1. The Kier molecular flexibility index (Phi) is 2.39. The molecule has 1 aromatic heterocycles. The Morgan fingerprint density at radius 1 is 1.67 bits per heavy atom. The molecule has 1 fully saturated rings. The summed E-state index contributed by atoms with van der Waals surface area (Å²) < 4.78 is 5.15. The molecule has 1 aliphatic heterocycles. The second-order valence-corrected chi connectivity index (χ2v) is 4.01. The zero-order chi connectivity index (χ0) is 8.39. The van der Waals surface area contributed by atoms with Gasteiger partial charge in [-0.1, -0.05) is 0 Å². The molecule has 12 heavy (non-hydrogen) atoms. The summed E-state index contributed by atoms with van der Waals surface area (Å²) in [5.41, 5.74) is 1.82. The number of aromatic nitrogens is 1. The molecular weight excluding hydrogens is 174 g/mol. The molecule has 0 aliphatic carbocycles. The van der Waals surface area contributed by atoms with Gasteiger partial charge in [-0.25, -0.2) is 0 Å². The number of nitrogens with zero attached hydrogens (tertiary/aromatic N) is 1. The van der Waals surface area contributed by atoms with Crippen molar-refractivity contribution in [3.63, 3.8) is 0 Å². The van der Waals surface area contributed by atoms with Crippen LogP contribution in [0.15, 0.2) is 11.7 Å². The summed E-state index contributed by atoms with van der Waals surface area (Å²) in [6.07, 6.45) is 2.47. The highest BCUT2D eigenvalue weighted by molar-refractivity contribution is 7.09. The minimum atomic E-state index is -0.285. The van der Waals surface area contributed by atoms with Crippen molar-refractivity contribution < 1.29 is 9.84 Å². The van der Waals surface area contributed by atoms with Gasteiger partial charge in [-0.3, -0.25) is 4.98 Å². The smallest absolute Gasteiger partial charge is 0.0827 e. The maximum absolute atomic E-state index is 9.45. The molecule has 1 aliphatic rings. The molecule has 4 heteroatoms. The third kappa shape index (κ3) is 1.65. The Labute approximate surface area is 75.0 Å². The van der Waals surface area contributed by atoms with Crippen LogP contribution in [0.4, 0.5) is 0 Å². The maximum atomic E-state index is 9.45. The summed E-state index contributed by atoms with van der Waals surface area (Å²) in [6.45, 7) is 1.17. The summed E-state index contributed by atoms with van der Waals surface area (Å²) in [5, 5.41) is 9.45. The van der Waals surface area contributed by atoms with Crippen LogP contribution in [0.3, 0.4) is 0 Å². The van der Waals surface area contributed by atoms with E-state index in [9.17, 15) is 5.11 Å². The van der Waals surface area contributed by atoms with Crippen molar-refractivity contribution in [1.82, 2.24) is 4.98 Å². The molecule has 2 rings (SSSR count). The summed E-state index contributed by atoms with van der Waals surface area (Å²) >= 11 is 1.63. The predicted octanol–water partition coefficient (Wildman–Crippen LogP) is 0.693. The predicted molar refractivity (Wildman–Crippen MR) is 46.1 cm³/mol. The van der Waals surface area contributed by atoms with Gasteiger partial charge in [0.1, 0.15) is 0 Å². The standard InChI is InChI=1S/C8H11NO2S/c10-8-4-11-3-6(8)1-7-2-9-5-12-7/h2,5-6,8,10H,1,3-4H2/t6-,8-/m1/s1. The van der Waals surface area contributed by atoms with Gasteiger partial charge in [-0.15, -0.1) is 11.3 Å². The van der Waals surface area contributed by atoms with Crippen LogP contribution in [-0.2, 0) is 11.2 Å². The Hall–Kier alpha value is -0.450. The summed E-state index contributed by atoms with van der Waals surface area (Å²) in [4.78, 5) is 5.21. The van der Waals surface area contributed by atoms with E-state index in [0.717, 1.165) is 6.42 Å². The maximum Gasteiger partial charge on any atom is 0.0827 e. The molecule has 0 aromatic carbocycles. The van der Waals surface area contributed by atoms with E-state index in [2.05, 4.69) is 4.98 Å². The van der Waals surface area contributed by atoms with Crippen LogP contribution in [0, 0.1) is 5.92 Å². The first-order valence-corrected chi connectivity index (χ1v) is 4.87. The molecule has 0 bridgehead atoms. The van der Waals surface area contributed by atoms with Gasteiger partial charge in [0.25, 0.3) is 0 Å². The molecule has 0 saturated carbocycles. The van der Waals surface area contributed by atoms with E-state index in [0.29, 0.717) is 13.2 Å². The third-order valence-corrected chi connectivity index (χ3v) is 2.91. The number of aliphatic hydroxyl groups is 1. The van der Waals surface area contributed by atoms with Crippen LogP contribution in [-0.4, -0.2) is 29.4 Å². The van der Waals surface area contributed by atoms with Gasteiger partial charge >= 0.3 is 0 Å². The molecular formula is C8H11NO2S. The van der Waals surface area contributed by atoms with Gasteiger partial charge in [0.2, 0.25) is 0 Å². The summed E-state index contributed by atoms with van der Waals surface area (Å²) in [7, 11) is 0. The molecule has 0 radical (unpaired) electrons. The van der Waals surface area contributed by atoms with Crippen LogP contribution in [0.5, 0.6) is 0 Å². The first-order chi connectivity index (χ1) is 5.86. The van der Waals surface area contributed by atoms with Crippen molar-refractivity contribution in [2.24, 2.45) is 5.92 Å². The number of ether oxygens (including phenoxy) is 1. The van der Waals surface area contributed by atoms with E-state index in [1.54, 1.807) is 11.3 Å². The monoisotopic (exact) mass is 185 g/mol. The zero-order valence-electron chi connectivity index (χ0n) is 6.64. The topological polar surface area (TPSA) is 42.4 Å².